The highest BCUT2D eigenvalue weighted by Gasteiger charge is 2.18. The fourth-order valence-electron chi connectivity index (χ4n) is 2.90. The molecule has 1 amide bonds. The average molecular weight is 398 g/mol. The van der Waals surface area contributed by atoms with E-state index in [1.165, 1.54) is 0 Å². The van der Waals surface area contributed by atoms with Crippen molar-refractivity contribution in [3.63, 3.8) is 0 Å². The number of aromatic nitrogens is 2. The van der Waals surface area contributed by atoms with Crippen molar-refractivity contribution in [3.8, 4) is 0 Å². The SMILES string of the molecule is C=C(Br)Cn1c(C(C)NC(=O)Cc2ccccc2)nc2ccccc21. The molecule has 0 saturated carbocycles. The Morgan fingerprint density at radius 3 is 2.60 bits per heavy atom. The van der Waals surface area contributed by atoms with E-state index in [0.717, 1.165) is 26.9 Å². The first kappa shape index (κ1) is 17.4. The number of hydrogen-bond donors (Lipinski definition) is 1. The zero-order chi connectivity index (χ0) is 17.8. The number of carbonyl (C=O) groups excluding carboxylic acids is 1. The summed E-state index contributed by atoms with van der Waals surface area (Å²) in [5, 5.41) is 3.05. The molecule has 0 bridgehead atoms. The van der Waals surface area contributed by atoms with E-state index >= 15 is 0 Å². The van der Waals surface area contributed by atoms with Crippen molar-refractivity contribution in [1.82, 2.24) is 14.9 Å². The summed E-state index contributed by atoms with van der Waals surface area (Å²) >= 11 is 3.43. The minimum Gasteiger partial charge on any atom is -0.346 e. The Morgan fingerprint density at radius 2 is 1.88 bits per heavy atom. The molecule has 3 rings (SSSR count). The molecule has 1 unspecified atom stereocenters. The lowest BCUT2D eigenvalue weighted by molar-refractivity contribution is -0.121. The summed E-state index contributed by atoms with van der Waals surface area (Å²) in [5.41, 5.74) is 2.94. The summed E-state index contributed by atoms with van der Waals surface area (Å²) in [6, 6.07) is 17.5. The van der Waals surface area contributed by atoms with Gasteiger partial charge in [0.25, 0.3) is 0 Å². The van der Waals surface area contributed by atoms with Gasteiger partial charge in [-0.2, -0.15) is 0 Å². The zero-order valence-corrected chi connectivity index (χ0v) is 15.7. The Kier molecular flexibility index (Phi) is 5.34. The molecule has 5 heteroatoms. The summed E-state index contributed by atoms with van der Waals surface area (Å²) < 4.78 is 2.94. The smallest absolute Gasteiger partial charge is 0.224 e. The van der Waals surface area contributed by atoms with Crippen molar-refractivity contribution >= 4 is 32.9 Å². The molecule has 0 fully saturated rings. The minimum absolute atomic E-state index is 0.0185. The molecule has 0 spiro atoms. The number of nitrogens with one attached hydrogen (secondary N) is 1. The highest BCUT2D eigenvalue weighted by atomic mass is 79.9. The predicted octanol–water partition coefficient (Wildman–Crippen LogP) is 4.36. The van der Waals surface area contributed by atoms with Crippen LogP contribution in [0.1, 0.15) is 24.4 Å². The molecule has 1 aromatic heterocycles. The molecule has 0 radical (unpaired) electrons. The Balaban J connectivity index is 1.82. The summed E-state index contributed by atoms with van der Waals surface area (Å²) in [5.74, 6) is 0.804. The summed E-state index contributed by atoms with van der Waals surface area (Å²) in [4.78, 5) is 17.1. The molecule has 25 heavy (non-hydrogen) atoms. The lowest BCUT2D eigenvalue weighted by atomic mass is 10.1. The van der Waals surface area contributed by atoms with Crippen LogP contribution < -0.4 is 5.32 Å². The average Bonchev–Trinajstić information content (AvgIpc) is 2.94. The minimum atomic E-state index is -0.199. The summed E-state index contributed by atoms with van der Waals surface area (Å²) in [7, 11) is 0. The highest BCUT2D eigenvalue weighted by Crippen LogP contribution is 2.23. The summed E-state index contributed by atoms with van der Waals surface area (Å²) in [6.45, 7) is 6.50. The monoisotopic (exact) mass is 397 g/mol. The molecule has 1 atom stereocenters. The van der Waals surface area contributed by atoms with Gasteiger partial charge in [-0.3, -0.25) is 4.79 Å². The lowest BCUT2D eigenvalue weighted by Gasteiger charge is -2.16. The number of para-hydroxylation sites is 2. The van der Waals surface area contributed by atoms with Gasteiger partial charge in [-0.1, -0.05) is 65.0 Å². The predicted molar refractivity (Wildman–Crippen MR) is 105 cm³/mol. The molecule has 0 aliphatic carbocycles. The number of imidazole rings is 1. The second kappa shape index (κ2) is 7.66. The van der Waals surface area contributed by atoms with E-state index in [0.29, 0.717) is 13.0 Å². The lowest BCUT2D eigenvalue weighted by Crippen LogP contribution is -2.30. The van der Waals surface area contributed by atoms with Gasteiger partial charge in [0.1, 0.15) is 5.82 Å². The molecule has 4 nitrogen and oxygen atoms in total. The van der Waals surface area contributed by atoms with E-state index in [4.69, 9.17) is 4.98 Å². The molecule has 3 aromatic rings. The molecular weight excluding hydrogens is 378 g/mol. The van der Waals surface area contributed by atoms with Crippen LogP contribution in [0.3, 0.4) is 0 Å². The molecule has 0 aliphatic heterocycles. The number of rotatable bonds is 6. The van der Waals surface area contributed by atoms with Gasteiger partial charge in [0.2, 0.25) is 5.91 Å². The Labute approximate surface area is 155 Å². The molecular formula is C20H20BrN3O. The van der Waals surface area contributed by atoms with Gasteiger partial charge in [0.05, 0.1) is 30.0 Å². The molecule has 0 aliphatic rings. The van der Waals surface area contributed by atoms with Gasteiger partial charge >= 0.3 is 0 Å². The third-order valence-electron chi connectivity index (χ3n) is 3.99. The van der Waals surface area contributed by atoms with Crippen LogP contribution in [0, 0.1) is 0 Å². The number of halogens is 1. The fourth-order valence-corrected chi connectivity index (χ4v) is 3.15. The van der Waals surface area contributed by atoms with E-state index in [9.17, 15) is 4.79 Å². The third kappa shape index (κ3) is 4.17. The van der Waals surface area contributed by atoms with Gasteiger partial charge in [0, 0.05) is 4.48 Å². The Morgan fingerprint density at radius 1 is 1.20 bits per heavy atom. The molecule has 0 saturated heterocycles. The van der Waals surface area contributed by atoms with Gasteiger partial charge in [0.15, 0.2) is 0 Å². The van der Waals surface area contributed by atoms with Crippen molar-refractivity contribution in [1.29, 1.82) is 0 Å². The van der Waals surface area contributed by atoms with E-state index < -0.39 is 0 Å². The van der Waals surface area contributed by atoms with Crippen LogP contribution in [-0.4, -0.2) is 15.5 Å². The molecule has 1 N–H and O–H groups in total. The maximum Gasteiger partial charge on any atom is 0.224 e. The molecule has 1 heterocycles. The molecule has 128 valence electrons. The topological polar surface area (TPSA) is 46.9 Å². The largest absolute Gasteiger partial charge is 0.346 e. The first-order chi connectivity index (χ1) is 12.0. The van der Waals surface area contributed by atoms with E-state index in [1.807, 2.05) is 61.5 Å². The van der Waals surface area contributed by atoms with Crippen molar-refractivity contribution in [2.24, 2.45) is 0 Å². The highest BCUT2D eigenvalue weighted by molar-refractivity contribution is 9.11. The first-order valence-corrected chi connectivity index (χ1v) is 8.95. The van der Waals surface area contributed by atoms with Crippen molar-refractivity contribution in [2.75, 3.05) is 0 Å². The molecule has 2 aromatic carbocycles. The maximum atomic E-state index is 12.4. The number of carbonyl (C=O) groups is 1. The van der Waals surface area contributed by atoms with Crippen LogP contribution >= 0.6 is 15.9 Å². The normalized spacial score (nSPS) is 12.1. The van der Waals surface area contributed by atoms with Crippen LogP contribution in [0.15, 0.2) is 65.7 Å². The number of nitrogens with zero attached hydrogens (tertiary/aromatic N) is 2. The van der Waals surface area contributed by atoms with Crippen LogP contribution in [0.2, 0.25) is 0 Å². The van der Waals surface area contributed by atoms with E-state index in [2.05, 4.69) is 32.4 Å². The number of fused-ring (bicyclic) bond motifs is 1. The van der Waals surface area contributed by atoms with Crippen LogP contribution in [0.5, 0.6) is 0 Å². The van der Waals surface area contributed by atoms with Crippen LogP contribution in [0.4, 0.5) is 0 Å². The number of allylic oxidation sites excluding steroid dienone is 1. The first-order valence-electron chi connectivity index (χ1n) is 8.16. The fraction of sp³-hybridized carbons (Fsp3) is 0.200. The number of hydrogen-bond acceptors (Lipinski definition) is 2. The van der Waals surface area contributed by atoms with Crippen molar-refractivity contribution < 1.29 is 4.79 Å². The van der Waals surface area contributed by atoms with Gasteiger partial charge < -0.3 is 9.88 Å². The van der Waals surface area contributed by atoms with Crippen LogP contribution in [-0.2, 0) is 17.8 Å². The maximum absolute atomic E-state index is 12.4. The quantitative estimate of drug-likeness (QED) is 0.671. The van der Waals surface area contributed by atoms with E-state index in [1.54, 1.807) is 0 Å². The Bertz CT molecular complexity index is 902. The number of amides is 1. The second-order valence-corrected chi connectivity index (χ2v) is 7.14. The van der Waals surface area contributed by atoms with Gasteiger partial charge in [-0.25, -0.2) is 4.98 Å². The number of benzene rings is 2. The Hall–Kier alpha value is -2.40. The van der Waals surface area contributed by atoms with Gasteiger partial charge in [-0.15, -0.1) is 0 Å². The zero-order valence-electron chi connectivity index (χ0n) is 14.1. The third-order valence-corrected chi connectivity index (χ3v) is 4.24. The van der Waals surface area contributed by atoms with E-state index in [-0.39, 0.29) is 11.9 Å². The van der Waals surface area contributed by atoms with Gasteiger partial charge in [-0.05, 0) is 24.6 Å². The van der Waals surface area contributed by atoms with Crippen molar-refractivity contribution in [2.45, 2.75) is 25.9 Å². The second-order valence-electron chi connectivity index (χ2n) is 6.01. The van der Waals surface area contributed by atoms with Crippen molar-refractivity contribution in [3.05, 3.63) is 77.0 Å². The van der Waals surface area contributed by atoms with Crippen LogP contribution in [0.25, 0.3) is 11.0 Å². The standard InChI is InChI=1S/C20H20BrN3O/c1-14(21)13-24-18-11-7-6-10-17(18)23-20(24)15(2)22-19(25)12-16-8-4-3-5-9-16/h3-11,15H,1,12-13H2,2H3,(H,22,25). The summed E-state index contributed by atoms with van der Waals surface area (Å²) in [6.07, 6.45) is 0.358.